The summed E-state index contributed by atoms with van der Waals surface area (Å²) in [5.41, 5.74) is 0. The van der Waals surface area contributed by atoms with Crippen molar-refractivity contribution in [2.75, 3.05) is 0 Å². The summed E-state index contributed by atoms with van der Waals surface area (Å²) in [5, 5.41) is 0. The Morgan fingerprint density at radius 1 is 1.00 bits per heavy atom. The van der Waals surface area contributed by atoms with Gasteiger partial charge in [-0.15, -0.1) is 24.0 Å². The molecule has 0 aromatic rings. The molecule has 2 radical (unpaired) electrons. The molecule has 44 valence electrons. The first-order chi connectivity index (χ1) is 1.00. The van der Waals surface area contributed by atoms with Gasteiger partial charge in [-0.2, -0.15) is 0 Å². The number of hydrogen-bond acceptors (Lipinski definition) is 0. The monoisotopic (exact) mass is 456 g/mol. The molecule has 0 bridgehead atoms. The molecule has 0 nitrogen and oxygen atoms in total. The van der Waals surface area contributed by atoms with E-state index in [1.165, 1.54) is 0 Å². The maximum absolute atomic E-state index is 4.45. The molecule has 0 saturated carbocycles. The maximum atomic E-state index is 4.45. The Labute approximate surface area is 92.2 Å². The average molecular weight is 459 g/mol. The number of halogens is 3. The summed E-state index contributed by atoms with van der Waals surface area (Å²) in [6.45, 7) is 0. The van der Waals surface area contributed by atoms with Crippen molar-refractivity contribution in [2.24, 2.45) is 0 Å². The first kappa shape index (κ1) is 24.5. The van der Waals surface area contributed by atoms with E-state index in [2.05, 4.69) is 25.1 Å². The smallest absolute Gasteiger partial charge is 0.0341 e. The summed E-state index contributed by atoms with van der Waals surface area (Å²) < 4.78 is 0. The van der Waals surface area contributed by atoms with E-state index in [1.54, 1.807) is 0 Å². The van der Waals surface area contributed by atoms with Gasteiger partial charge in [0.1, 0.15) is 0 Å². The molecule has 0 aromatic heterocycles. The summed E-state index contributed by atoms with van der Waals surface area (Å²) in [6, 6.07) is 0. The second-order valence-corrected chi connectivity index (χ2v) is 0. The SMILES string of the molecule is ClBr.I.[Ag].[Ag]. The Hall–Kier alpha value is 2.98. The van der Waals surface area contributed by atoms with E-state index in [0.717, 1.165) is 0 Å². The second-order valence-electron chi connectivity index (χ2n) is 0. The first-order valence-corrected chi connectivity index (χ1v) is 2.23. The third-order valence-corrected chi connectivity index (χ3v) is 0. The molecule has 0 aliphatic heterocycles. The maximum Gasteiger partial charge on any atom is 0.0341 e. The van der Waals surface area contributed by atoms with E-state index in [-0.39, 0.29) is 68.7 Å². The van der Waals surface area contributed by atoms with Gasteiger partial charge in [-0.1, -0.05) is 0 Å². The summed E-state index contributed by atoms with van der Waals surface area (Å²) in [4.78, 5) is 0. The van der Waals surface area contributed by atoms with Gasteiger partial charge in [0, 0.05) is 59.8 Å². The van der Waals surface area contributed by atoms with Crippen LogP contribution in [-0.4, -0.2) is 0 Å². The molecule has 0 amide bonds. The molecular weight excluding hydrogens is 458 g/mol. The van der Waals surface area contributed by atoms with Crippen LogP contribution in [0.15, 0.2) is 0 Å². The predicted molar refractivity (Wildman–Crippen MR) is 30.2 cm³/mol. The van der Waals surface area contributed by atoms with Crippen LogP contribution in [0.2, 0.25) is 0 Å². The molecule has 0 unspecified atom stereocenters. The zero-order valence-corrected chi connectivity index (χ0v) is 9.40. The van der Waals surface area contributed by atoms with Gasteiger partial charge in [0.2, 0.25) is 0 Å². The van der Waals surface area contributed by atoms with E-state index in [0.29, 0.717) is 0 Å². The van der Waals surface area contributed by atoms with Gasteiger partial charge >= 0.3 is 0 Å². The summed E-state index contributed by atoms with van der Waals surface area (Å²) in [5.74, 6) is 0. The molecule has 5 heteroatoms. The topological polar surface area (TPSA) is 0 Å². The minimum Gasteiger partial charge on any atom is -0.107 e. The normalized spacial score (nSPS) is 1.20. The molecule has 0 fully saturated rings. The van der Waals surface area contributed by atoms with Crippen LogP contribution in [0, 0.1) is 0 Å². The van der Waals surface area contributed by atoms with Gasteiger partial charge in [-0.3, -0.25) is 0 Å². The van der Waals surface area contributed by atoms with Crippen molar-refractivity contribution < 1.29 is 44.8 Å². The summed E-state index contributed by atoms with van der Waals surface area (Å²) >= 11 is 2.41. The molecule has 0 rings (SSSR count). The molecule has 0 aliphatic rings. The summed E-state index contributed by atoms with van der Waals surface area (Å²) in [7, 11) is 4.45. The van der Waals surface area contributed by atoms with Gasteiger partial charge in [0.05, 0.1) is 0 Å². The molecule has 0 aliphatic carbocycles. The largest absolute Gasteiger partial charge is 0.107 e. The van der Waals surface area contributed by atoms with E-state index in [1.807, 2.05) is 0 Å². The van der Waals surface area contributed by atoms with Crippen LogP contribution in [0.25, 0.3) is 0 Å². The van der Waals surface area contributed by atoms with Crippen LogP contribution in [0.5, 0.6) is 0 Å². The minimum atomic E-state index is 0. The Morgan fingerprint density at radius 3 is 1.00 bits per heavy atom. The summed E-state index contributed by atoms with van der Waals surface area (Å²) in [6.07, 6.45) is 0. The van der Waals surface area contributed by atoms with Crippen molar-refractivity contribution in [2.45, 2.75) is 0 Å². The third-order valence-electron chi connectivity index (χ3n) is 0. The van der Waals surface area contributed by atoms with Crippen molar-refractivity contribution >= 4 is 49.1 Å². The van der Waals surface area contributed by atoms with Crippen LogP contribution in [0.3, 0.4) is 0 Å². The quantitative estimate of drug-likeness (QED) is 0.385. The van der Waals surface area contributed by atoms with E-state index >= 15 is 0 Å². The fourth-order valence-electron chi connectivity index (χ4n) is 0. The van der Waals surface area contributed by atoms with Crippen LogP contribution < -0.4 is 0 Å². The zero-order chi connectivity index (χ0) is 2.00. The number of hydrogen-bond donors (Lipinski definition) is 0. The van der Waals surface area contributed by atoms with Crippen LogP contribution in [-0.2, 0) is 44.8 Å². The van der Waals surface area contributed by atoms with Gasteiger partial charge in [0.15, 0.2) is 0 Å². The van der Waals surface area contributed by atoms with Crippen LogP contribution in [0.1, 0.15) is 0 Å². The Balaban J connectivity index is -0.00000000167. The van der Waals surface area contributed by atoms with Gasteiger partial charge in [0.25, 0.3) is 0 Å². The van der Waals surface area contributed by atoms with E-state index in [4.69, 9.17) is 0 Å². The average Bonchev–Trinajstić information content (AvgIpc) is 1.00. The van der Waals surface area contributed by atoms with E-state index in [9.17, 15) is 0 Å². The Bertz CT molecular complexity index is 9.61. The molecular formula is HAg2BrClI. The first-order valence-electron chi connectivity index (χ1n) is 0.143. The zero-order valence-electron chi connectivity index (χ0n) is 1.77. The standard InChI is InChI=1S/2Ag.BrCl.HI/c;;1-2;/h;;;1H. The Morgan fingerprint density at radius 2 is 1.00 bits per heavy atom. The molecule has 5 heavy (non-hydrogen) atoms. The molecule has 0 spiro atoms. The Kier molecular flexibility index (Phi) is 138. The van der Waals surface area contributed by atoms with Crippen LogP contribution >= 0.6 is 49.1 Å². The third kappa shape index (κ3) is 19.5. The fourth-order valence-corrected chi connectivity index (χ4v) is 0. The minimum absolute atomic E-state index is 0. The van der Waals surface area contributed by atoms with Gasteiger partial charge < -0.3 is 0 Å². The molecule has 0 atom stereocenters. The van der Waals surface area contributed by atoms with Crippen LogP contribution in [0.4, 0.5) is 0 Å². The molecule has 0 heterocycles. The van der Waals surface area contributed by atoms with Crippen molar-refractivity contribution in [1.29, 1.82) is 0 Å². The second kappa shape index (κ2) is 28.1. The van der Waals surface area contributed by atoms with Gasteiger partial charge in [-0.25, -0.2) is 0 Å². The molecule has 0 aromatic carbocycles. The van der Waals surface area contributed by atoms with Crippen molar-refractivity contribution in [3.63, 3.8) is 0 Å². The van der Waals surface area contributed by atoms with Crippen molar-refractivity contribution in [1.82, 2.24) is 0 Å². The van der Waals surface area contributed by atoms with E-state index < -0.39 is 0 Å². The number of rotatable bonds is 0. The molecule has 0 saturated heterocycles. The van der Waals surface area contributed by atoms with Crippen molar-refractivity contribution in [3.05, 3.63) is 0 Å². The fraction of sp³-hybridized carbons (Fsp3) is 0. The van der Waals surface area contributed by atoms with Gasteiger partial charge in [-0.05, 0) is 10.1 Å². The predicted octanol–water partition coefficient (Wildman–Crippen LogP) is 2.15. The van der Waals surface area contributed by atoms with Crippen molar-refractivity contribution in [3.8, 4) is 0 Å². The molecule has 0 N–H and O–H groups in total.